The maximum absolute atomic E-state index is 12.5. The van der Waals surface area contributed by atoms with Crippen LogP contribution >= 0.6 is 0 Å². The lowest BCUT2D eigenvalue weighted by atomic mass is 9.95. The Labute approximate surface area is 149 Å². The molecule has 0 unspecified atom stereocenters. The van der Waals surface area contributed by atoms with E-state index in [0.717, 1.165) is 27.9 Å². The lowest BCUT2D eigenvalue weighted by molar-refractivity contribution is -0.110. The molecule has 1 aromatic carbocycles. The second-order valence-electron chi connectivity index (χ2n) is 6.06. The topological polar surface area (TPSA) is 95.1 Å². The number of aromatic carboxylic acids is 1. The van der Waals surface area contributed by atoms with Gasteiger partial charge in [0.25, 0.3) is 5.91 Å². The van der Waals surface area contributed by atoms with Crippen LogP contribution < -0.4 is 5.32 Å². The van der Waals surface area contributed by atoms with Crippen molar-refractivity contribution in [2.24, 2.45) is 0 Å². The number of fused-ring (bicyclic) bond motifs is 1. The first-order valence-corrected chi connectivity index (χ1v) is 8.04. The molecule has 4 rings (SSSR count). The molecular formula is C20H15N3O3. The van der Waals surface area contributed by atoms with Gasteiger partial charge in [-0.25, -0.2) is 4.79 Å². The normalized spacial score (nSPS) is 14.3. The van der Waals surface area contributed by atoms with E-state index in [1.54, 1.807) is 31.5 Å². The number of amides is 1. The van der Waals surface area contributed by atoms with Gasteiger partial charge in [-0.2, -0.15) is 0 Å². The first-order valence-electron chi connectivity index (χ1n) is 8.04. The van der Waals surface area contributed by atoms with Gasteiger partial charge in [-0.05, 0) is 54.0 Å². The van der Waals surface area contributed by atoms with Gasteiger partial charge in [0.05, 0.1) is 5.57 Å². The molecule has 2 aromatic heterocycles. The first kappa shape index (κ1) is 15.8. The Morgan fingerprint density at radius 1 is 1.19 bits per heavy atom. The number of hydrogen-bond donors (Lipinski definition) is 3. The van der Waals surface area contributed by atoms with Gasteiger partial charge in [0.2, 0.25) is 0 Å². The molecule has 3 aromatic rings. The number of carboxylic acid groups (broad SMARTS) is 1. The van der Waals surface area contributed by atoms with Gasteiger partial charge in [-0.1, -0.05) is 12.1 Å². The Hall–Kier alpha value is -3.67. The Bertz CT molecular complexity index is 1070. The van der Waals surface area contributed by atoms with Crippen LogP contribution in [-0.2, 0) is 4.79 Å². The van der Waals surface area contributed by atoms with Gasteiger partial charge < -0.3 is 15.4 Å². The van der Waals surface area contributed by atoms with Crippen molar-refractivity contribution in [3.05, 3.63) is 71.3 Å². The second-order valence-corrected chi connectivity index (χ2v) is 6.06. The van der Waals surface area contributed by atoms with Gasteiger partial charge >= 0.3 is 5.97 Å². The van der Waals surface area contributed by atoms with Crippen LogP contribution in [0.4, 0.5) is 5.69 Å². The molecule has 3 N–H and O–H groups in total. The number of carbonyl (C=O) groups excluding carboxylic acids is 1. The molecule has 128 valence electrons. The average Bonchev–Trinajstić information content (AvgIpc) is 3.16. The van der Waals surface area contributed by atoms with Crippen LogP contribution in [0.3, 0.4) is 0 Å². The molecule has 6 heteroatoms. The van der Waals surface area contributed by atoms with Crippen LogP contribution in [0, 0.1) is 6.92 Å². The zero-order chi connectivity index (χ0) is 18.3. The molecule has 26 heavy (non-hydrogen) atoms. The zero-order valence-electron chi connectivity index (χ0n) is 13.9. The highest BCUT2D eigenvalue weighted by atomic mass is 16.4. The summed E-state index contributed by atoms with van der Waals surface area (Å²) in [7, 11) is 0. The number of anilines is 1. The van der Waals surface area contributed by atoms with Crippen molar-refractivity contribution in [2.75, 3.05) is 5.32 Å². The number of H-pyrrole nitrogens is 1. The van der Waals surface area contributed by atoms with E-state index in [4.69, 9.17) is 5.11 Å². The quantitative estimate of drug-likeness (QED) is 0.632. The zero-order valence-corrected chi connectivity index (χ0v) is 13.9. The highest BCUT2D eigenvalue weighted by molar-refractivity contribution is 6.36. The summed E-state index contributed by atoms with van der Waals surface area (Å²) in [6.07, 6.45) is 5.11. The van der Waals surface area contributed by atoms with E-state index >= 15 is 0 Å². The molecule has 6 nitrogen and oxygen atoms in total. The van der Waals surface area contributed by atoms with Gasteiger partial charge in [-0.3, -0.25) is 9.78 Å². The number of nitrogens with one attached hydrogen (secondary N) is 2. The second kappa shape index (κ2) is 6.00. The average molecular weight is 345 g/mol. The summed E-state index contributed by atoms with van der Waals surface area (Å²) in [4.78, 5) is 30.6. The molecule has 0 spiro atoms. The van der Waals surface area contributed by atoms with Crippen LogP contribution in [0.2, 0.25) is 0 Å². The van der Waals surface area contributed by atoms with Crippen LogP contribution in [-0.4, -0.2) is 27.0 Å². The van der Waals surface area contributed by atoms with E-state index in [1.807, 2.05) is 30.3 Å². The molecular weight excluding hydrogens is 330 g/mol. The highest BCUT2D eigenvalue weighted by Gasteiger charge is 2.27. The number of carbonyl (C=O) groups is 2. The van der Waals surface area contributed by atoms with Gasteiger partial charge in [-0.15, -0.1) is 0 Å². The summed E-state index contributed by atoms with van der Waals surface area (Å²) in [5.41, 5.74) is 5.35. The Morgan fingerprint density at radius 2 is 1.96 bits per heavy atom. The number of hydrogen-bond acceptors (Lipinski definition) is 3. The molecule has 0 bridgehead atoms. The molecule has 0 radical (unpaired) electrons. The standard InChI is InChI=1S/C20H15N3O3/c1-11-9-17(20(25)26)22-16(11)10-14-18-13(12-5-7-21-8-6-12)3-2-4-15(18)23-19(14)24/h2-10,22H,1H3,(H,23,24)(H,25,26)/b14-10-. The minimum atomic E-state index is -1.04. The van der Waals surface area contributed by atoms with Crippen molar-refractivity contribution in [3.63, 3.8) is 0 Å². The number of benzene rings is 1. The molecule has 0 fully saturated rings. The largest absolute Gasteiger partial charge is 0.477 e. The predicted octanol–water partition coefficient (Wildman–Crippen LogP) is 3.58. The van der Waals surface area contributed by atoms with Crippen LogP contribution in [0.15, 0.2) is 48.8 Å². The van der Waals surface area contributed by atoms with Crippen molar-refractivity contribution in [2.45, 2.75) is 6.92 Å². The first-order chi connectivity index (χ1) is 12.5. The highest BCUT2D eigenvalue weighted by Crippen LogP contribution is 2.40. The van der Waals surface area contributed by atoms with Crippen LogP contribution in [0.5, 0.6) is 0 Å². The van der Waals surface area contributed by atoms with E-state index in [1.165, 1.54) is 0 Å². The van der Waals surface area contributed by atoms with Crippen molar-refractivity contribution < 1.29 is 14.7 Å². The summed E-state index contributed by atoms with van der Waals surface area (Å²) in [6, 6.07) is 11.0. The third-order valence-corrected chi connectivity index (χ3v) is 4.39. The fourth-order valence-electron chi connectivity index (χ4n) is 3.14. The Balaban J connectivity index is 1.89. The van der Waals surface area contributed by atoms with E-state index < -0.39 is 5.97 Å². The molecule has 1 aliphatic rings. The summed E-state index contributed by atoms with van der Waals surface area (Å²) in [5.74, 6) is -1.25. The molecule has 0 atom stereocenters. The summed E-state index contributed by atoms with van der Waals surface area (Å²) in [6.45, 7) is 1.80. The van der Waals surface area contributed by atoms with Crippen molar-refractivity contribution in [3.8, 4) is 11.1 Å². The monoisotopic (exact) mass is 345 g/mol. The van der Waals surface area contributed by atoms with Crippen LogP contribution in [0.25, 0.3) is 22.8 Å². The minimum absolute atomic E-state index is 0.0930. The van der Waals surface area contributed by atoms with E-state index in [-0.39, 0.29) is 11.6 Å². The lowest BCUT2D eigenvalue weighted by Gasteiger charge is -2.08. The predicted molar refractivity (Wildman–Crippen MR) is 98.7 cm³/mol. The summed E-state index contributed by atoms with van der Waals surface area (Å²) in [5, 5.41) is 12.0. The number of rotatable bonds is 3. The Kier molecular flexibility index (Phi) is 3.65. The van der Waals surface area contributed by atoms with Gasteiger partial charge in [0, 0.05) is 29.3 Å². The third-order valence-electron chi connectivity index (χ3n) is 4.39. The van der Waals surface area contributed by atoms with Crippen molar-refractivity contribution in [1.82, 2.24) is 9.97 Å². The number of pyridine rings is 1. The molecule has 1 aliphatic heterocycles. The number of aromatic nitrogens is 2. The van der Waals surface area contributed by atoms with Gasteiger partial charge in [0.1, 0.15) is 5.69 Å². The fourth-order valence-corrected chi connectivity index (χ4v) is 3.14. The van der Waals surface area contributed by atoms with Crippen molar-refractivity contribution >= 4 is 29.2 Å². The third kappa shape index (κ3) is 2.57. The van der Waals surface area contributed by atoms with E-state index in [0.29, 0.717) is 11.3 Å². The van der Waals surface area contributed by atoms with Crippen LogP contribution in [0.1, 0.15) is 27.3 Å². The fraction of sp³-hybridized carbons (Fsp3) is 0.0500. The number of carboxylic acids is 1. The number of nitrogens with zero attached hydrogens (tertiary/aromatic N) is 1. The smallest absolute Gasteiger partial charge is 0.352 e. The minimum Gasteiger partial charge on any atom is -0.477 e. The number of aromatic amines is 1. The summed E-state index contributed by atoms with van der Waals surface area (Å²) >= 11 is 0. The Morgan fingerprint density at radius 3 is 2.65 bits per heavy atom. The maximum atomic E-state index is 12.5. The number of aryl methyl sites for hydroxylation is 1. The van der Waals surface area contributed by atoms with E-state index in [2.05, 4.69) is 15.3 Å². The molecule has 0 saturated carbocycles. The van der Waals surface area contributed by atoms with E-state index in [9.17, 15) is 9.59 Å². The summed E-state index contributed by atoms with van der Waals surface area (Å²) < 4.78 is 0. The lowest BCUT2D eigenvalue weighted by Crippen LogP contribution is -2.03. The molecule has 0 saturated heterocycles. The maximum Gasteiger partial charge on any atom is 0.352 e. The molecule has 0 aliphatic carbocycles. The molecule has 1 amide bonds. The molecule has 3 heterocycles. The SMILES string of the molecule is Cc1cc(C(=O)O)[nH]c1/C=C1\C(=O)Nc2cccc(-c3ccncc3)c21. The van der Waals surface area contributed by atoms with Crippen molar-refractivity contribution in [1.29, 1.82) is 0 Å². The van der Waals surface area contributed by atoms with Gasteiger partial charge in [0.15, 0.2) is 0 Å².